The van der Waals surface area contributed by atoms with Crippen LogP contribution in [0.25, 0.3) is 0 Å². The van der Waals surface area contributed by atoms with Crippen LogP contribution in [0.2, 0.25) is 0 Å². The molecular formula is C11H21F3N2O2. The van der Waals surface area contributed by atoms with Gasteiger partial charge in [0.05, 0.1) is 13.7 Å². The molecule has 1 atom stereocenters. The molecule has 1 N–H and O–H groups in total. The second-order valence-electron chi connectivity index (χ2n) is 4.33. The van der Waals surface area contributed by atoms with Gasteiger partial charge in [-0.05, 0) is 27.3 Å². The predicted molar refractivity (Wildman–Crippen MR) is 62.2 cm³/mol. The highest BCUT2D eigenvalue weighted by atomic mass is 19.4. The van der Waals surface area contributed by atoms with Gasteiger partial charge >= 0.3 is 12.1 Å². The van der Waals surface area contributed by atoms with Crippen LogP contribution in [0.3, 0.4) is 0 Å². The Balaban J connectivity index is 4.38. The van der Waals surface area contributed by atoms with Crippen molar-refractivity contribution in [3.05, 3.63) is 0 Å². The number of rotatable bonds is 7. The van der Waals surface area contributed by atoms with Crippen molar-refractivity contribution in [1.29, 1.82) is 0 Å². The lowest BCUT2D eigenvalue weighted by Gasteiger charge is -2.28. The topological polar surface area (TPSA) is 41.6 Å². The molecule has 0 aliphatic heterocycles. The quantitative estimate of drug-likeness (QED) is 0.710. The van der Waals surface area contributed by atoms with Crippen molar-refractivity contribution in [2.75, 3.05) is 27.2 Å². The number of carbonyl (C=O) groups is 1. The predicted octanol–water partition coefficient (Wildman–Crippen LogP) is 1.41. The van der Waals surface area contributed by atoms with Gasteiger partial charge in [-0.3, -0.25) is 9.69 Å². The van der Waals surface area contributed by atoms with E-state index >= 15 is 0 Å². The summed E-state index contributed by atoms with van der Waals surface area (Å²) in [6.45, 7) is 2.59. The molecule has 108 valence electrons. The average molecular weight is 270 g/mol. The molecule has 0 rings (SSSR count). The molecule has 0 spiro atoms. The van der Waals surface area contributed by atoms with Gasteiger partial charge in [0, 0.05) is 12.6 Å². The molecule has 0 saturated carbocycles. The molecule has 7 heteroatoms. The minimum atomic E-state index is -4.23. The maximum absolute atomic E-state index is 12.3. The van der Waals surface area contributed by atoms with Crippen LogP contribution in [0.5, 0.6) is 0 Å². The van der Waals surface area contributed by atoms with Gasteiger partial charge in [0.2, 0.25) is 0 Å². The molecule has 0 aliphatic rings. The Bertz CT molecular complexity index is 257. The molecule has 4 nitrogen and oxygen atoms in total. The maximum Gasteiger partial charge on any atom is 0.401 e. The molecule has 0 heterocycles. The fraction of sp³-hybridized carbons (Fsp3) is 0.909. The van der Waals surface area contributed by atoms with Crippen molar-refractivity contribution in [1.82, 2.24) is 10.2 Å². The molecule has 18 heavy (non-hydrogen) atoms. The first-order chi connectivity index (χ1) is 8.21. The number of alkyl halides is 3. The van der Waals surface area contributed by atoms with Crippen LogP contribution in [-0.4, -0.2) is 56.4 Å². The van der Waals surface area contributed by atoms with E-state index in [0.717, 1.165) is 0 Å². The number of hydrogen-bond donors (Lipinski definition) is 1. The summed E-state index contributed by atoms with van der Waals surface area (Å²) < 4.78 is 41.6. The third kappa shape index (κ3) is 6.80. The summed E-state index contributed by atoms with van der Waals surface area (Å²) in [5.74, 6) is -0.465. The van der Waals surface area contributed by atoms with Crippen LogP contribution < -0.4 is 5.32 Å². The Morgan fingerprint density at radius 1 is 1.39 bits per heavy atom. The molecule has 0 radical (unpaired) electrons. The summed E-state index contributed by atoms with van der Waals surface area (Å²) in [6, 6.07) is -0.814. The zero-order chi connectivity index (χ0) is 14.3. The minimum absolute atomic E-state index is 0.178. The third-order valence-corrected chi connectivity index (χ3v) is 2.65. The summed E-state index contributed by atoms with van der Waals surface area (Å²) in [5.41, 5.74) is 0. The van der Waals surface area contributed by atoms with E-state index in [1.165, 1.54) is 12.0 Å². The highest BCUT2D eigenvalue weighted by molar-refractivity contribution is 5.75. The Labute approximate surface area is 105 Å². The van der Waals surface area contributed by atoms with E-state index in [1.54, 1.807) is 20.9 Å². The number of likely N-dealkylation sites (N-methyl/N-ethyl adjacent to an activating group) is 1. The van der Waals surface area contributed by atoms with Crippen molar-refractivity contribution < 1.29 is 22.7 Å². The molecule has 1 unspecified atom stereocenters. The number of esters is 1. The van der Waals surface area contributed by atoms with Crippen molar-refractivity contribution in [3.63, 3.8) is 0 Å². The highest BCUT2D eigenvalue weighted by Gasteiger charge is 2.32. The largest absolute Gasteiger partial charge is 0.468 e. The van der Waals surface area contributed by atoms with Gasteiger partial charge in [-0.2, -0.15) is 13.2 Å². The zero-order valence-electron chi connectivity index (χ0n) is 11.2. The lowest BCUT2D eigenvalue weighted by atomic mass is 10.2. The van der Waals surface area contributed by atoms with Gasteiger partial charge < -0.3 is 10.1 Å². The molecule has 0 aliphatic carbocycles. The standard InChI is InChI=1S/C11H21F3N2O2/c1-8(2)16(7-11(12,13)14)6-5-9(15-3)10(17)18-4/h8-9,15H,5-7H2,1-4H3. The van der Waals surface area contributed by atoms with E-state index < -0.39 is 24.7 Å². The minimum Gasteiger partial charge on any atom is -0.468 e. The first-order valence-electron chi connectivity index (χ1n) is 5.77. The van der Waals surface area contributed by atoms with E-state index in [0.29, 0.717) is 0 Å². The second kappa shape index (κ2) is 7.58. The SMILES string of the molecule is CNC(CCN(CC(F)(F)F)C(C)C)C(=O)OC. The number of ether oxygens (including phenoxy) is 1. The Kier molecular flexibility index (Phi) is 7.23. The van der Waals surface area contributed by atoms with Gasteiger partial charge in [-0.1, -0.05) is 0 Å². The van der Waals surface area contributed by atoms with Crippen molar-refractivity contribution in [2.24, 2.45) is 0 Å². The van der Waals surface area contributed by atoms with Crippen LogP contribution in [-0.2, 0) is 9.53 Å². The number of halogens is 3. The Morgan fingerprint density at radius 2 is 1.94 bits per heavy atom. The zero-order valence-corrected chi connectivity index (χ0v) is 11.2. The maximum atomic E-state index is 12.3. The summed E-state index contributed by atoms with van der Waals surface area (Å²) in [5, 5.41) is 2.73. The molecule has 0 aromatic carbocycles. The van der Waals surface area contributed by atoms with Gasteiger partial charge in [-0.15, -0.1) is 0 Å². The Hall–Kier alpha value is -0.820. The molecule has 0 aromatic heterocycles. The summed E-state index contributed by atoms with van der Waals surface area (Å²) in [6.07, 6.45) is -3.96. The number of carbonyl (C=O) groups excluding carboxylic acids is 1. The van der Waals surface area contributed by atoms with Crippen LogP contribution in [0.15, 0.2) is 0 Å². The van der Waals surface area contributed by atoms with Gasteiger partial charge in [-0.25, -0.2) is 0 Å². The second-order valence-corrected chi connectivity index (χ2v) is 4.33. The summed E-state index contributed by atoms with van der Waals surface area (Å²) in [4.78, 5) is 12.6. The fourth-order valence-corrected chi connectivity index (χ4v) is 1.57. The lowest BCUT2D eigenvalue weighted by Crippen LogP contribution is -2.43. The molecule has 0 fully saturated rings. The normalized spacial score (nSPS) is 14.1. The van der Waals surface area contributed by atoms with Gasteiger partial charge in [0.25, 0.3) is 0 Å². The average Bonchev–Trinajstić information content (AvgIpc) is 2.25. The van der Waals surface area contributed by atoms with E-state index in [1.807, 2.05) is 0 Å². The van der Waals surface area contributed by atoms with E-state index in [4.69, 9.17) is 0 Å². The molecule has 0 bridgehead atoms. The van der Waals surface area contributed by atoms with E-state index in [2.05, 4.69) is 10.1 Å². The van der Waals surface area contributed by atoms with E-state index in [9.17, 15) is 18.0 Å². The number of nitrogens with zero attached hydrogens (tertiary/aromatic N) is 1. The first kappa shape index (κ1) is 17.2. The third-order valence-electron chi connectivity index (χ3n) is 2.65. The van der Waals surface area contributed by atoms with E-state index in [-0.39, 0.29) is 19.0 Å². The van der Waals surface area contributed by atoms with Crippen molar-refractivity contribution in [2.45, 2.75) is 38.5 Å². The van der Waals surface area contributed by atoms with Crippen molar-refractivity contribution in [3.8, 4) is 0 Å². The number of methoxy groups -OCH3 is 1. The molecule has 0 aromatic rings. The molecule has 0 amide bonds. The number of hydrogen-bond acceptors (Lipinski definition) is 4. The molecule has 0 saturated heterocycles. The van der Waals surface area contributed by atoms with Crippen LogP contribution in [0, 0.1) is 0 Å². The highest BCUT2D eigenvalue weighted by Crippen LogP contribution is 2.18. The molecular weight excluding hydrogens is 249 g/mol. The fourth-order valence-electron chi connectivity index (χ4n) is 1.57. The first-order valence-corrected chi connectivity index (χ1v) is 5.77. The summed E-state index contributed by atoms with van der Waals surface area (Å²) in [7, 11) is 2.83. The lowest BCUT2D eigenvalue weighted by molar-refractivity contribution is -0.150. The van der Waals surface area contributed by atoms with Crippen LogP contribution in [0.1, 0.15) is 20.3 Å². The summed E-state index contributed by atoms with van der Waals surface area (Å²) >= 11 is 0. The van der Waals surface area contributed by atoms with Crippen LogP contribution >= 0.6 is 0 Å². The smallest absolute Gasteiger partial charge is 0.401 e. The monoisotopic (exact) mass is 270 g/mol. The Morgan fingerprint density at radius 3 is 2.28 bits per heavy atom. The van der Waals surface area contributed by atoms with Crippen molar-refractivity contribution >= 4 is 5.97 Å². The van der Waals surface area contributed by atoms with Crippen LogP contribution in [0.4, 0.5) is 13.2 Å². The van der Waals surface area contributed by atoms with Gasteiger partial charge in [0.1, 0.15) is 6.04 Å². The van der Waals surface area contributed by atoms with Gasteiger partial charge in [0.15, 0.2) is 0 Å². The number of nitrogens with one attached hydrogen (secondary N) is 1.